The Morgan fingerprint density at radius 1 is 0.958 bits per heavy atom. The molecule has 0 saturated carbocycles. The van der Waals surface area contributed by atoms with Crippen molar-refractivity contribution in [3.63, 3.8) is 0 Å². The predicted octanol–water partition coefficient (Wildman–Crippen LogP) is 2.75. The van der Waals surface area contributed by atoms with E-state index in [-0.39, 0.29) is 19.1 Å². The van der Waals surface area contributed by atoms with E-state index in [4.69, 9.17) is 9.47 Å². The lowest BCUT2D eigenvalue weighted by molar-refractivity contribution is -0.148. The summed E-state index contributed by atoms with van der Waals surface area (Å²) in [4.78, 5) is 24.6. The number of rotatable bonds is 7. The number of ether oxygens (including phenoxy) is 2. The van der Waals surface area contributed by atoms with Gasteiger partial charge in [-0.15, -0.1) is 0 Å². The number of hydrogen-bond donors (Lipinski definition) is 0. The molecule has 126 valence electrons. The predicted molar refractivity (Wildman–Crippen MR) is 91.6 cm³/mol. The van der Waals surface area contributed by atoms with E-state index in [1.807, 2.05) is 54.6 Å². The molecule has 0 aliphatic rings. The zero-order valence-electron chi connectivity index (χ0n) is 13.9. The Kier molecular flexibility index (Phi) is 6.37. The van der Waals surface area contributed by atoms with Crippen LogP contribution in [0.3, 0.4) is 0 Å². The number of hydrogen-bond acceptors (Lipinski definition) is 4. The molecule has 0 atom stereocenters. The summed E-state index contributed by atoms with van der Waals surface area (Å²) >= 11 is 0. The second-order valence-corrected chi connectivity index (χ2v) is 5.23. The molecule has 2 aromatic rings. The summed E-state index contributed by atoms with van der Waals surface area (Å²) < 4.78 is 10.3. The van der Waals surface area contributed by atoms with E-state index >= 15 is 0 Å². The van der Waals surface area contributed by atoms with Crippen molar-refractivity contribution in [1.29, 1.82) is 0 Å². The number of carbonyl (C=O) groups excluding carboxylic acids is 2. The summed E-state index contributed by atoms with van der Waals surface area (Å²) in [7, 11) is 1.54. The second-order valence-electron chi connectivity index (χ2n) is 5.23. The summed E-state index contributed by atoms with van der Waals surface area (Å²) in [5.41, 5.74) is 2.20. The van der Waals surface area contributed by atoms with Crippen LogP contribution >= 0.6 is 0 Å². The van der Waals surface area contributed by atoms with Crippen LogP contribution in [0.25, 0.3) is 11.1 Å². The standard InChI is InChI=1S/C19H21NO4/c1-3-23-19(22)13-20(2)18(21)14-24-17-11-9-16(10-12-17)15-7-5-4-6-8-15/h4-12H,3,13-14H2,1-2H3. The molecule has 0 fully saturated rings. The highest BCUT2D eigenvalue weighted by molar-refractivity contribution is 5.82. The van der Waals surface area contributed by atoms with Gasteiger partial charge in [-0.3, -0.25) is 9.59 Å². The topological polar surface area (TPSA) is 55.8 Å². The quantitative estimate of drug-likeness (QED) is 0.734. The number of carbonyl (C=O) groups is 2. The monoisotopic (exact) mass is 327 g/mol. The Morgan fingerprint density at radius 3 is 2.21 bits per heavy atom. The van der Waals surface area contributed by atoms with Crippen molar-refractivity contribution in [3.05, 3.63) is 54.6 Å². The van der Waals surface area contributed by atoms with Crippen molar-refractivity contribution in [3.8, 4) is 16.9 Å². The molecule has 0 saturated heterocycles. The van der Waals surface area contributed by atoms with Gasteiger partial charge >= 0.3 is 5.97 Å². The van der Waals surface area contributed by atoms with Crippen LogP contribution < -0.4 is 4.74 Å². The van der Waals surface area contributed by atoms with Crippen LogP contribution in [0.4, 0.5) is 0 Å². The molecule has 0 radical (unpaired) electrons. The van der Waals surface area contributed by atoms with Crippen LogP contribution in [0.1, 0.15) is 6.92 Å². The highest BCUT2D eigenvalue weighted by Gasteiger charge is 2.14. The van der Waals surface area contributed by atoms with E-state index in [9.17, 15) is 9.59 Å². The Morgan fingerprint density at radius 2 is 1.58 bits per heavy atom. The number of nitrogens with zero attached hydrogens (tertiary/aromatic N) is 1. The first-order valence-electron chi connectivity index (χ1n) is 7.78. The van der Waals surface area contributed by atoms with Gasteiger partial charge in [-0.05, 0) is 30.2 Å². The van der Waals surface area contributed by atoms with Crippen molar-refractivity contribution in [1.82, 2.24) is 4.90 Å². The maximum Gasteiger partial charge on any atom is 0.325 e. The highest BCUT2D eigenvalue weighted by Crippen LogP contribution is 2.21. The Balaban J connectivity index is 1.86. The molecule has 0 spiro atoms. The minimum absolute atomic E-state index is 0.0804. The fourth-order valence-electron chi connectivity index (χ4n) is 2.12. The summed E-state index contributed by atoms with van der Waals surface area (Å²) in [6, 6.07) is 17.5. The molecule has 0 aliphatic heterocycles. The number of amides is 1. The first-order chi connectivity index (χ1) is 11.6. The maximum absolute atomic E-state index is 11.9. The fraction of sp³-hybridized carbons (Fsp3) is 0.263. The highest BCUT2D eigenvalue weighted by atomic mass is 16.5. The van der Waals surface area contributed by atoms with Crippen molar-refractivity contribution < 1.29 is 19.1 Å². The number of esters is 1. The molecular formula is C19H21NO4. The van der Waals surface area contributed by atoms with Gasteiger partial charge in [0, 0.05) is 7.05 Å². The lowest BCUT2D eigenvalue weighted by atomic mass is 10.1. The molecule has 2 aromatic carbocycles. The van der Waals surface area contributed by atoms with E-state index in [1.165, 1.54) is 4.90 Å². The van der Waals surface area contributed by atoms with Crippen molar-refractivity contribution >= 4 is 11.9 Å². The van der Waals surface area contributed by atoms with Gasteiger partial charge < -0.3 is 14.4 Å². The van der Waals surface area contributed by atoms with Crippen LogP contribution in [-0.2, 0) is 14.3 Å². The van der Waals surface area contributed by atoms with Crippen molar-refractivity contribution in [2.75, 3.05) is 26.8 Å². The van der Waals surface area contributed by atoms with Gasteiger partial charge in [0.15, 0.2) is 6.61 Å². The number of likely N-dealkylation sites (N-methyl/N-ethyl adjacent to an activating group) is 1. The van der Waals surface area contributed by atoms with Gasteiger partial charge in [-0.2, -0.15) is 0 Å². The van der Waals surface area contributed by atoms with Crippen LogP contribution in [0.5, 0.6) is 5.75 Å². The van der Waals surface area contributed by atoms with Gasteiger partial charge in [0.1, 0.15) is 12.3 Å². The summed E-state index contributed by atoms with van der Waals surface area (Å²) in [5, 5.41) is 0. The normalized spacial score (nSPS) is 10.1. The number of benzene rings is 2. The zero-order valence-corrected chi connectivity index (χ0v) is 13.9. The van der Waals surface area contributed by atoms with E-state index in [2.05, 4.69) is 0 Å². The molecule has 24 heavy (non-hydrogen) atoms. The van der Waals surface area contributed by atoms with Crippen molar-refractivity contribution in [2.24, 2.45) is 0 Å². The molecule has 5 heteroatoms. The van der Waals surface area contributed by atoms with Crippen LogP contribution in [0.2, 0.25) is 0 Å². The van der Waals surface area contributed by atoms with Gasteiger partial charge in [-0.25, -0.2) is 0 Å². The lowest BCUT2D eigenvalue weighted by Crippen LogP contribution is -2.36. The van der Waals surface area contributed by atoms with Crippen LogP contribution in [0.15, 0.2) is 54.6 Å². The molecule has 0 N–H and O–H groups in total. The minimum Gasteiger partial charge on any atom is -0.484 e. The summed E-state index contributed by atoms with van der Waals surface area (Å²) in [5.74, 6) is -0.108. The van der Waals surface area contributed by atoms with E-state index in [1.54, 1.807) is 14.0 Å². The third kappa shape index (κ3) is 5.12. The van der Waals surface area contributed by atoms with Gasteiger partial charge in [0.05, 0.1) is 6.61 Å². The van der Waals surface area contributed by atoms with E-state index < -0.39 is 5.97 Å². The molecular weight excluding hydrogens is 306 g/mol. The van der Waals surface area contributed by atoms with E-state index in [0.29, 0.717) is 12.4 Å². The maximum atomic E-state index is 11.9. The van der Waals surface area contributed by atoms with E-state index in [0.717, 1.165) is 11.1 Å². The average molecular weight is 327 g/mol. The second kappa shape index (κ2) is 8.72. The third-order valence-corrected chi connectivity index (χ3v) is 3.42. The molecule has 2 rings (SSSR count). The molecule has 0 aliphatic carbocycles. The zero-order chi connectivity index (χ0) is 17.4. The van der Waals surface area contributed by atoms with Gasteiger partial charge in [0.25, 0.3) is 5.91 Å². The molecule has 0 bridgehead atoms. The minimum atomic E-state index is -0.430. The third-order valence-electron chi connectivity index (χ3n) is 3.42. The van der Waals surface area contributed by atoms with Gasteiger partial charge in [0.2, 0.25) is 0 Å². The molecule has 0 unspecified atom stereocenters. The molecule has 0 heterocycles. The SMILES string of the molecule is CCOC(=O)CN(C)C(=O)COc1ccc(-c2ccccc2)cc1. The van der Waals surface area contributed by atoms with Crippen LogP contribution in [-0.4, -0.2) is 43.6 Å². The Hall–Kier alpha value is -2.82. The molecule has 1 amide bonds. The lowest BCUT2D eigenvalue weighted by Gasteiger charge is -2.16. The molecule has 5 nitrogen and oxygen atoms in total. The van der Waals surface area contributed by atoms with Crippen LogP contribution in [0, 0.1) is 0 Å². The smallest absolute Gasteiger partial charge is 0.325 e. The first kappa shape index (κ1) is 17.5. The summed E-state index contributed by atoms with van der Waals surface area (Å²) in [6.45, 7) is 1.82. The Labute approximate surface area is 141 Å². The van der Waals surface area contributed by atoms with Crippen molar-refractivity contribution in [2.45, 2.75) is 6.92 Å². The average Bonchev–Trinajstić information content (AvgIpc) is 2.61. The Bertz CT molecular complexity index is 668. The largest absolute Gasteiger partial charge is 0.484 e. The fourth-order valence-corrected chi connectivity index (χ4v) is 2.12. The summed E-state index contributed by atoms with van der Waals surface area (Å²) in [6.07, 6.45) is 0. The van der Waals surface area contributed by atoms with Gasteiger partial charge in [-0.1, -0.05) is 42.5 Å². The molecule has 0 aromatic heterocycles. The first-order valence-corrected chi connectivity index (χ1v) is 7.78.